The molecule has 0 fully saturated rings. The number of hydrogen-bond acceptors (Lipinski definition) is 5. The van der Waals surface area contributed by atoms with E-state index < -0.39 is 17.1 Å². The van der Waals surface area contributed by atoms with Crippen LogP contribution in [0.25, 0.3) is 0 Å². The Morgan fingerprint density at radius 2 is 2.13 bits per heavy atom. The van der Waals surface area contributed by atoms with Gasteiger partial charge in [-0.2, -0.15) is 0 Å². The van der Waals surface area contributed by atoms with Gasteiger partial charge in [0.1, 0.15) is 0 Å². The molecule has 82 valence electrons. The van der Waals surface area contributed by atoms with E-state index in [0.29, 0.717) is 0 Å². The van der Waals surface area contributed by atoms with Gasteiger partial charge < -0.3 is 10.0 Å². The maximum atomic E-state index is 11.2. The first-order valence-electron chi connectivity index (χ1n) is 4.26. The molecule has 1 heterocycles. The van der Waals surface area contributed by atoms with Gasteiger partial charge in [-0.15, -0.1) is 0 Å². The highest BCUT2D eigenvalue weighted by molar-refractivity contribution is 7.92. The molecule has 0 bridgehead atoms. The molecule has 0 aliphatic carbocycles. The maximum absolute atomic E-state index is 11.2. The fourth-order valence-corrected chi connectivity index (χ4v) is 1.52. The number of nitrogens with one attached hydrogen (secondary N) is 1. The third-order valence-electron chi connectivity index (χ3n) is 1.71. The lowest BCUT2D eigenvalue weighted by atomic mass is 9.81. The molecular weight excluding hydrogens is 219 g/mol. The molecule has 0 amide bonds. The topological polar surface area (TPSA) is 99.5 Å². The van der Waals surface area contributed by atoms with Crippen molar-refractivity contribution >= 4 is 28.3 Å². The van der Waals surface area contributed by atoms with Gasteiger partial charge in [0.2, 0.25) is 10.0 Å². The molecule has 8 heteroatoms. The van der Waals surface area contributed by atoms with Crippen molar-refractivity contribution in [3.8, 4) is 0 Å². The van der Waals surface area contributed by atoms with Crippen LogP contribution in [0, 0.1) is 0 Å². The number of nitrogens with zero attached hydrogens (tertiary/aromatic N) is 1. The van der Waals surface area contributed by atoms with Gasteiger partial charge in [0.05, 0.1) is 17.6 Å². The first-order chi connectivity index (χ1) is 6.94. The first-order valence-corrected chi connectivity index (χ1v) is 5.91. The Hall–Kier alpha value is -1.12. The van der Waals surface area contributed by atoms with Crippen LogP contribution >= 0.6 is 0 Å². The van der Waals surface area contributed by atoms with E-state index in [9.17, 15) is 8.42 Å². The highest BCUT2D eigenvalue weighted by Gasteiger charge is 2.13. The standard InChI is InChI=1S/C7H11BN2O4S/c1-2-15(13,14)10-7-3-6(8(11)12)4-9-5-7/h3-5,10-12H,2H2,1H3. The Morgan fingerprint density at radius 1 is 1.47 bits per heavy atom. The monoisotopic (exact) mass is 230 g/mol. The van der Waals surface area contributed by atoms with Crippen LogP contribution in [0.4, 0.5) is 5.69 Å². The van der Waals surface area contributed by atoms with E-state index in [0.717, 1.165) is 0 Å². The second-order valence-electron chi connectivity index (χ2n) is 2.89. The molecule has 0 spiro atoms. The van der Waals surface area contributed by atoms with Crippen molar-refractivity contribution in [1.29, 1.82) is 0 Å². The van der Waals surface area contributed by atoms with Crippen molar-refractivity contribution in [2.24, 2.45) is 0 Å². The number of pyridine rings is 1. The highest BCUT2D eigenvalue weighted by Crippen LogP contribution is 2.04. The number of rotatable bonds is 4. The normalized spacial score (nSPS) is 11.1. The van der Waals surface area contributed by atoms with Crippen LogP contribution in [0.1, 0.15) is 6.92 Å². The third-order valence-corrected chi connectivity index (χ3v) is 3.02. The molecule has 1 aromatic rings. The number of anilines is 1. The molecule has 3 N–H and O–H groups in total. The summed E-state index contributed by atoms with van der Waals surface area (Å²) in [6.07, 6.45) is 2.54. The Labute approximate surface area is 88.2 Å². The molecule has 6 nitrogen and oxygen atoms in total. The van der Waals surface area contributed by atoms with Gasteiger partial charge in [-0.3, -0.25) is 9.71 Å². The summed E-state index contributed by atoms with van der Waals surface area (Å²) in [6.45, 7) is 1.50. The van der Waals surface area contributed by atoms with E-state index in [1.807, 2.05) is 0 Å². The predicted octanol–water partition coefficient (Wildman–Crippen LogP) is -1.48. The Balaban J connectivity index is 2.92. The van der Waals surface area contributed by atoms with Gasteiger partial charge in [-0.05, 0) is 13.0 Å². The Bertz CT molecular complexity index is 434. The average Bonchev–Trinajstić information content (AvgIpc) is 2.17. The van der Waals surface area contributed by atoms with Gasteiger partial charge in [-0.1, -0.05) is 0 Å². The summed E-state index contributed by atoms with van der Waals surface area (Å²) >= 11 is 0. The summed E-state index contributed by atoms with van der Waals surface area (Å²) in [5.41, 5.74) is 0.341. The summed E-state index contributed by atoms with van der Waals surface area (Å²) in [4.78, 5) is 3.68. The summed E-state index contributed by atoms with van der Waals surface area (Å²) in [5, 5.41) is 17.7. The SMILES string of the molecule is CCS(=O)(=O)Nc1cncc(B(O)O)c1. The zero-order chi connectivity index (χ0) is 11.5. The zero-order valence-electron chi connectivity index (χ0n) is 8.08. The van der Waals surface area contributed by atoms with Crippen LogP contribution in [0.15, 0.2) is 18.5 Å². The van der Waals surface area contributed by atoms with E-state index in [-0.39, 0.29) is 16.9 Å². The first kappa shape index (κ1) is 12.0. The molecule has 0 unspecified atom stereocenters. The van der Waals surface area contributed by atoms with Crippen molar-refractivity contribution in [3.63, 3.8) is 0 Å². The van der Waals surface area contributed by atoms with Gasteiger partial charge in [0.25, 0.3) is 0 Å². The Morgan fingerprint density at radius 3 is 2.67 bits per heavy atom. The highest BCUT2D eigenvalue weighted by atomic mass is 32.2. The van der Waals surface area contributed by atoms with Crippen LogP contribution < -0.4 is 10.2 Å². The molecule has 0 saturated carbocycles. The van der Waals surface area contributed by atoms with Crippen molar-refractivity contribution < 1.29 is 18.5 Å². The molecule has 0 saturated heterocycles. The fraction of sp³-hybridized carbons (Fsp3) is 0.286. The maximum Gasteiger partial charge on any atom is 0.490 e. The minimum Gasteiger partial charge on any atom is -0.423 e. The summed E-state index contributed by atoms with van der Waals surface area (Å²) in [5.74, 6) is -0.0566. The number of hydrogen-bond donors (Lipinski definition) is 3. The largest absolute Gasteiger partial charge is 0.490 e. The van der Waals surface area contributed by atoms with Crippen molar-refractivity contribution in [2.45, 2.75) is 6.92 Å². The van der Waals surface area contributed by atoms with Gasteiger partial charge in [0, 0.05) is 11.7 Å². The molecule has 0 aliphatic heterocycles. The van der Waals surface area contributed by atoms with Gasteiger partial charge >= 0.3 is 7.12 Å². The molecule has 15 heavy (non-hydrogen) atoms. The van der Waals surface area contributed by atoms with Crippen LogP contribution in [-0.2, 0) is 10.0 Å². The van der Waals surface area contributed by atoms with Crippen molar-refractivity contribution in [3.05, 3.63) is 18.5 Å². The van der Waals surface area contributed by atoms with Crippen LogP contribution in [0.5, 0.6) is 0 Å². The average molecular weight is 230 g/mol. The molecule has 0 atom stereocenters. The van der Waals surface area contributed by atoms with Crippen LogP contribution in [0.2, 0.25) is 0 Å². The fourth-order valence-electron chi connectivity index (χ4n) is 0.906. The number of aromatic nitrogens is 1. The van der Waals surface area contributed by atoms with Crippen LogP contribution in [-0.4, -0.2) is 36.3 Å². The second kappa shape index (κ2) is 4.60. The summed E-state index contributed by atoms with van der Waals surface area (Å²) < 4.78 is 24.6. The Kier molecular flexibility index (Phi) is 3.67. The number of sulfonamides is 1. The summed E-state index contributed by atoms with van der Waals surface area (Å²) in [7, 11) is -5.03. The van der Waals surface area contributed by atoms with E-state index >= 15 is 0 Å². The molecule has 0 aromatic carbocycles. The lowest BCUT2D eigenvalue weighted by Crippen LogP contribution is -2.30. The van der Waals surface area contributed by atoms with E-state index in [1.54, 1.807) is 0 Å². The van der Waals surface area contributed by atoms with E-state index in [2.05, 4.69) is 9.71 Å². The third kappa shape index (κ3) is 3.50. The predicted molar refractivity (Wildman–Crippen MR) is 57.1 cm³/mol. The minimum absolute atomic E-state index is 0.0566. The quantitative estimate of drug-likeness (QED) is 0.548. The smallest absolute Gasteiger partial charge is 0.423 e. The lowest BCUT2D eigenvalue weighted by Gasteiger charge is -2.06. The summed E-state index contributed by atoms with van der Waals surface area (Å²) in [6, 6.07) is 1.31. The van der Waals surface area contributed by atoms with E-state index in [4.69, 9.17) is 10.0 Å². The second-order valence-corrected chi connectivity index (χ2v) is 4.90. The van der Waals surface area contributed by atoms with Gasteiger partial charge in [0.15, 0.2) is 0 Å². The minimum atomic E-state index is -3.37. The zero-order valence-corrected chi connectivity index (χ0v) is 8.90. The lowest BCUT2D eigenvalue weighted by molar-refractivity contribution is 0.425. The van der Waals surface area contributed by atoms with E-state index in [1.165, 1.54) is 25.4 Å². The molecule has 0 aliphatic rings. The molecule has 1 rings (SSSR count). The van der Waals surface area contributed by atoms with Crippen molar-refractivity contribution in [2.75, 3.05) is 10.5 Å². The van der Waals surface area contributed by atoms with Crippen molar-refractivity contribution in [1.82, 2.24) is 4.98 Å². The molecular formula is C7H11BN2O4S. The van der Waals surface area contributed by atoms with Crippen LogP contribution in [0.3, 0.4) is 0 Å². The molecule has 1 aromatic heterocycles. The molecule has 0 radical (unpaired) electrons. The van der Waals surface area contributed by atoms with Gasteiger partial charge in [-0.25, -0.2) is 8.42 Å².